The Bertz CT molecular complexity index is 979. The highest BCUT2D eigenvalue weighted by molar-refractivity contribution is 5.98. The average molecular weight is 456 g/mol. The highest BCUT2D eigenvalue weighted by atomic mass is 16.5. The summed E-state index contributed by atoms with van der Waals surface area (Å²) in [5, 5.41) is 0. The number of esters is 2. The zero-order chi connectivity index (χ0) is 23.8. The Morgan fingerprint density at radius 2 is 1.91 bits per heavy atom. The highest BCUT2D eigenvalue weighted by Crippen LogP contribution is 2.42. The molecule has 178 valence electrons. The maximum Gasteiger partial charge on any atom is 0.342 e. The molecule has 0 amide bonds. The average Bonchev–Trinajstić information content (AvgIpc) is 3.47. The van der Waals surface area contributed by atoms with Crippen LogP contribution in [0.1, 0.15) is 59.7 Å². The first kappa shape index (κ1) is 24.7. The third-order valence-corrected chi connectivity index (χ3v) is 6.15. The third kappa shape index (κ3) is 6.08. The van der Waals surface area contributed by atoms with Crippen LogP contribution in [0, 0.1) is 18.8 Å². The summed E-state index contributed by atoms with van der Waals surface area (Å²) in [5.74, 6) is 6.77. The van der Waals surface area contributed by atoms with Crippen LogP contribution in [0.2, 0.25) is 0 Å². The topological polar surface area (TPSA) is 74.3 Å². The van der Waals surface area contributed by atoms with Gasteiger partial charge in [-0.25, -0.2) is 4.79 Å². The van der Waals surface area contributed by atoms with E-state index in [0.29, 0.717) is 36.3 Å². The van der Waals surface area contributed by atoms with Gasteiger partial charge in [-0.1, -0.05) is 23.5 Å². The summed E-state index contributed by atoms with van der Waals surface area (Å²) in [7, 11) is 3.00. The summed E-state index contributed by atoms with van der Waals surface area (Å²) in [5.41, 5.74) is 3.96. The van der Waals surface area contributed by atoms with Gasteiger partial charge in [-0.2, -0.15) is 0 Å². The van der Waals surface area contributed by atoms with Gasteiger partial charge in [0.1, 0.15) is 30.3 Å². The minimum atomic E-state index is -0.386. The van der Waals surface area contributed by atoms with Crippen molar-refractivity contribution in [1.29, 1.82) is 0 Å². The first-order valence-corrected chi connectivity index (χ1v) is 11.4. The van der Waals surface area contributed by atoms with E-state index < -0.39 is 0 Å². The second-order valence-electron chi connectivity index (χ2n) is 8.35. The molecular weight excluding hydrogens is 422 g/mol. The normalized spacial score (nSPS) is 15.5. The van der Waals surface area contributed by atoms with E-state index in [1.807, 2.05) is 19.9 Å². The Kier molecular flexibility index (Phi) is 8.79. The Morgan fingerprint density at radius 3 is 2.61 bits per heavy atom. The summed E-state index contributed by atoms with van der Waals surface area (Å²) in [6.07, 6.45) is 5.89. The van der Waals surface area contributed by atoms with Crippen LogP contribution < -0.4 is 9.47 Å². The smallest absolute Gasteiger partial charge is 0.342 e. The SMILES string of the molecule is COC(=O)CC/C(C)=C/Cc1c(OC)c(C)c2c(c1OCC#CCN1CCCC1)C(=O)OC2. The standard InChI is InChI=1S/C26H33NO6/c1-18(10-12-22(28)30-3)9-11-20-24(31-4)19(2)21-17-33-26(29)23(21)25(20)32-16-8-7-15-27-13-5-6-14-27/h9H,5-6,10-17H2,1-4H3/b18-9+. The Labute approximate surface area is 196 Å². The molecule has 7 nitrogen and oxygen atoms in total. The van der Waals surface area contributed by atoms with E-state index in [4.69, 9.17) is 18.9 Å². The van der Waals surface area contributed by atoms with Gasteiger partial charge in [-0.3, -0.25) is 9.69 Å². The molecule has 0 unspecified atom stereocenters. The molecule has 1 aromatic rings. The predicted octanol–water partition coefficient (Wildman–Crippen LogP) is 3.59. The first-order valence-electron chi connectivity index (χ1n) is 11.4. The number of nitrogens with zero attached hydrogens (tertiary/aromatic N) is 1. The van der Waals surface area contributed by atoms with Crippen molar-refractivity contribution < 1.29 is 28.5 Å². The van der Waals surface area contributed by atoms with Crippen LogP contribution in [0.5, 0.6) is 11.5 Å². The van der Waals surface area contributed by atoms with Gasteiger partial charge < -0.3 is 18.9 Å². The van der Waals surface area contributed by atoms with Crippen molar-refractivity contribution in [1.82, 2.24) is 4.90 Å². The lowest BCUT2D eigenvalue weighted by Crippen LogP contribution is -2.19. The van der Waals surface area contributed by atoms with Crippen LogP contribution in [-0.2, 0) is 27.3 Å². The Hall–Kier alpha value is -2.98. The molecule has 1 saturated heterocycles. The molecule has 2 heterocycles. The lowest BCUT2D eigenvalue weighted by atomic mass is 9.94. The highest BCUT2D eigenvalue weighted by Gasteiger charge is 2.33. The van der Waals surface area contributed by atoms with Crippen LogP contribution in [0.3, 0.4) is 0 Å². The minimum Gasteiger partial charge on any atom is -0.496 e. The second-order valence-corrected chi connectivity index (χ2v) is 8.35. The molecule has 33 heavy (non-hydrogen) atoms. The van der Waals surface area contributed by atoms with E-state index >= 15 is 0 Å². The van der Waals surface area contributed by atoms with Crippen molar-refractivity contribution >= 4 is 11.9 Å². The molecule has 0 aliphatic carbocycles. The molecule has 0 bridgehead atoms. The van der Waals surface area contributed by atoms with Gasteiger partial charge in [0.15, 0.2) is 0 Å². The van der Waals surface area contributed by atoms with E-state index in [1.54, 1.807) is 7.11 Å². The predicted molar refractivity (Wildman–Crippen MR) is 125 cm³/mol. The molecule has 0 N–H and O–H groups in total. The van der Waals surface area contributed by atoms with Crippen molar-refractivity contribution in [2.24, 2.45) is 0 Å². The van der Waals surface area contributed by atoms with Crippen LogP contribution in [0.15, 0.2) is 11.6 Å². The molecule has 0 aromatic heterocycles. The zero-order valence-electron chi connectivity index (χ0n) is 20.0. The Morgan fingerprint density at radius 1 is 1.15 bits per heavy atom. The van der Waals surface area contributed by atoms with Crippen molar-refractivity contribution in [2.45, 2.75) is 52.6 Å². The monoisotopic (exact) mass is 455 g/mol. The van der Waals surface area contributed by atoms with E-state index in [-0.39, 0.29) is 25.2 Å². The maximum atomic E-state index is 12.5. The van der Waals surface area contributed by atoms with Crippen LogP contribution >= 0.6 is 0 Å². The van der Waals surface area contributed by atoms with E-state index in [2.05, 4.69) is 16.7 Å². The third-order valence-electron chi connectivity index (χ3n) is 6.15. The van der Waals surface area contributed by atoms with Gasteiger partial charge >= 0.3 is 11.9 Å². The molecule has 2 aliphatic heterocycles. The second kappa shape index (κ2) is 11.8. The largest absolute Gasteiger partial charge is 0.496 e. The number of hydrogen-bond acceptors (Lipinski definition) is 7. The van der Waals surface area contributed by atoms with Gasteiger partial charge in [-0.15, -0.1) is 0 Å². The number of cyclic esters (lactones) is 1. The quantitative estimate of drug-likeness (QED) is 0.320. The number of fused-ring (bicyclic) bond motifs is 1. The number of allylic oxidation sites excluding steroid dienone is 2. The lowest BCUT2D eigenvalue weighted by molar-refractivity contribution is -0.140. The van der Waals surface area contributed by atoms with Crippen molar-refractivity contribution in [3.8, 4) is 23.3 Å². The molecule has 0 saturated carbocycles. The molecule has 0 radical (unpaired) electrons. The summed E-state index contributed by atoms with van der Waals surface area (Å²) >= 11 is 0. The number of likely N-dealkylation sites (tertiary alicyclic amines) is 1. The van der Waals surface area contributed by atoms with Crippen LogP contribution in [0.25, 0.3) is 0 Å². The fraction of sp³-hybridized carbons (Fsp3) is 0.538. The fourth-order valence-electron chi connectivity index (χ4n) is 4.22. The lowest BCUT2D eigenvalue weighted by Gasteiger charge is -2.19. The summed E-state index contributed by atoms with van der Waals surface area (Å²) in [6.45, 7) is 7.20. The molecule has 1 fully saturated rings. The molecule has 1 aromatic carbocycles. The number of ether oxygens (including phenoxy) is 4. The molecular formula is C26H33NO6. The van der Waals surface area contributed by atoms with Gasteiger partial charge in [0.05, 0.1) is 20.8 Å². The summed E-state index contributed by atoms with van der Waals surface area (Å²) in [6, 6.07) is 0. The summed E-state index contributed by atoms with van der Waals surface area (Å²) < 4.78 is 21.8. The first-order chi connectivity index (χ1) is 16.0. The number of hydrogen-bond donors (Lipinski definition) is 0. The van der Waals surface area contributed by atoms with Gasteiger partial charge in [0.2, 0.25) is 0 Å². The van der Waals surface area contributed by atoms with E-state index in [9.17, 15) is 9.59 Å². The van der Waals surface area contributed by atoms with Gasteiger partial charge in [-0.05, 0) is 58.2 Å². The fourth-order valence-corrected chi connectivity index (χ4v) is 4.22. The van der Waals surface area contributed by atoms with E-state index in [1.165, 1.54) is 20.0 Å². The number of methoxy groups -OCH3 is 2. The minimum absolute atomic E-state index is 0.178. The number of carbonyl (C=O) groups excluding carboxylic acids is 2. The summed E-state index contributed by atoms with van der Waals surface area (Å²) in [4.78, 5) is 26.3. The van der Waals surface area contributed by atoms with Gasteiger partial charge in [0, 0.05) is 17.5 Å². The Balaban J connectivity index is 1.84. The van der Waals surface area contributed by atoms with Crippen LogP contribution in [-0.4, -0.2) is 57.3 Å². The molecule has 7 heteroatoms. The number of rotatable bonds is 9. The molecule has 2 aliphatic rings. The molecule has 0 atom stereocenters. The molecule has 3 rings (SSSR count). The molecule has 0 spiro atoms. The van der Waals surface area contributed by atoms with Crippen molar-refractivity contribution in [3.05, 3.63) is 33.9 Å². The van der Waals surface area contributed by atoms with Crippen LogP contribution in [0.4, 0.5) is 0 Å². The maximum absolute atomic E-state index is 12.5. The van der Waals surface area contributed by atoms with Gasteiger partial charge in [0.25, 0.3) is 0 Å². The number of benzene rings is 1. The van der Waals surface area contributed by atoms with Crippen molar-refractivity contribution in [2.75, 3.05) is 40.5 Å². The van der Waals surface area contributed by atoms with E-state index in [0.717, 1.165) is 41.9 Å². The van der Waals surface area contributed by atoms with Crippen molar-refractivity contribution in [3.63, 3.8) is 0 Å². The zero-order valence-corrected chi connectivity index (χ0v) is 20.0. The number of carbonyl (C=O) groups is 2.